The minimum absolute atomic E-state index is 0.0233. The largest absolute Gasteiger partial charge is 0.489 e. The number of carboxylic acids is 1. The Kier molecular flexibility index (Phi) is 9.35. The van der Waals surface area contributed by atoms with E-state index >= 15 is 0 Å². The lowest BCUT2D eigenvalue weighted by molar-refractivity contribution is -0.140. The summed E-state index contributed by atoms with van der Waals surface area (Å²) in [5.41, 5.74) is 1.33. The van der Waals surface area contributed by atoms with E-state index < -0.39 is 15.8 Å². The molecule has 1 aliphatic heterocycles. The van der Waals surface area contributed by atoms with Crippen LogP contribution in [0.15, 0.2) is 23.6 Å². The summed E-state index contributed by atoms with van der Waals surface area (Å²) in [7, 11) is -1.84. The zero-order valence-corrected chi connectivity index (χ0v) is 20.3. The lowest BCUT2D eigenvalue weighted by Crippen LogP contribution is -2.34. The number of aromatic nitrogens is 3. The van der Waals surface area contributed by atoms with Crippen LogP contribution in [0.2, 0.25) is 0 Å². The molecular weight excluding hydrogens is 450 g/mol. The van der Waals surface area contributed by atoms with Crippen LogP contribution >= 0.6 is 0 Å². The van der Waals surface area contributed by atoms with Gasteiger partial charge in [0.15, 0.2) is 20.7 Å². The van der Waals surface area contributed by atoms with E-state index in [2.05, 4.69) is 25.6 Å². The Morgan fingerprint density at radius 2 is 1.88 bits per heavy atom. The summed E-state index contributed by atoms with van der Waals surface area (Å²) in [5.74, 6) is 0.219. The smallest absolute Gasteiger partial charge is 0.305 e. The van der Waals surface area contributed by atoms with Crippen LogP contribution in [0.25, 0.3) is 0 Å². The Hall–Kier alpha value is -2.99. The van der Waals surface area contributed by atoms with Gasteiger partial charge in [-0.2, -0.15) is 4.98 Å². The van der Waals surface area contributed by atoms with Gasteiger partial charge in [-0.3, -0.25) is 4.79 Å². The van der Waals surface area contributed by atoms with Gasteiger partial charge in [-0.1, -0.05) is 13.8 Å². The van der Waals surface area contributed by atoms with E-state index in [0.717, 1.165) is 32.2 Å². The molecule has 182 valence electrons. The fraction of sp³-hybridized carbons (Fsp3) is 0.524. The molecule has 3 heterocycles. The average Bonchev–Trinajstić information content (AvgIpc) is 2.76. The lowest BCUT2D eigenvalue weighted by atomic mass is 10.1. The normalized spacial score (nSPS) is 14.2. The standard InChI is InChI=1S/C17H23N5O4S.C4H8O2/c1-11-8-14(27(3,23)24)19-9-13(11)22-16-15(25-2)17(21-10-20-16)26-12-4-6-18-7-5-12;1-3(2)4(5)6/h8-10,12,18H,4-7H2,1-3H3,(H,20,21,22);3H,1-2H3,(H,5,6). The van der Waals surface area contributed by atoms with Crippen molar-refractivity contribution >= 4 is 27.3 Å². The minimum Gasteiger partial charge on any atom is -0.489 e. The monoisotopic (exact) mass is 481 g/mol. The molecular formula is C21H31N5O6S. The van der Waals surface area contributed by atoms with E-state index in [1.165, 1.54) is 25.7 Å². The summed E-state index contributed by atoms with van der Waals surface area (Å²) in [6.45, 7) is 6.88. The number of carboxylic acid groups (broad SMARTS) is 1. The van der Waals surface area contributed by atoms with Gasteiger partial charge < -0.3 is 25.2 Å². The number of anilines is 2. The molecule has 0 spiro atoms. The quantitative estimate of drug-likeness (QED) is 0.533. The zero-order valence-electron chi connectivity index (χ0n) is 19.5. The highest BCUT2D eigenvalue weighted by Crippen LogP contribution is 2.34. The van der Waals surface area contributed by atoms with Crippen molar-refractivity contribution in [3.63, 3.8) is 0 Å². The van der Waals surface area contributed by atoms with Gasteiger partial charge in [0.1, 0.15) is 12.4 Å². The summed E-state index contributed by atoms with van der Waals surface area (Å²) in [6.07, 6.45) is 5.84. The highest BCUT2D eigenvalue weighted by atomic mass is 32.2. The van der Waals surface area contributed by atoms with E-state index in [0.29, 0.717) is 28.7 Å². The molecule has 1 fully saturated rings. The minimum atomic E-state index is -3.37. The third-order valence-corrected chi connectivity index (χ3v) is 5.74. The number of rotatable bonds is 7. The van der Waals surface area contributed by atoms with Crippen molar-refractivity contribution in [3.05, 3.63) is 24.2 Å². The van der Waals surface area contributed by atoms with Gasteiger partial charge in [-0.25, -0.2) is 18.4 Å². The SMILES string of the molecule is CC(C)C(=O)O.COc1c(Nc2cnc(S(C)(=O)=O)cc2C)ncnc1OC1CCNCC1. The van der Waals surface area contributed by atoms with Crippen LogP contribution in [0.4, 0.5) is 11.5 Å². The number of nitrogens with one attached hydrogen (secondary N) is 2. The van der Waals surface area contributed by atoms with Crippen molar-refractivity contribution in [2.24, 2.45) is 5.92 Å². The number of hydrogen-bond acceptors (Lipinski definition) is 10. The number of carbonyl (C=O) groups is 1. The van der Waals surface area contributed by atoms with Gasteiger partial charge in [0.25, 0.3) is 5.88 Å². The van der Waals surface area contributed by atoms with E-state index in [-0.39, 0.29) is 17.0 Å². The van der Waals surface area contributed by atoms with Gasteiger partial charge in [-0.15, -0.1) is 0 Å². The fourth-order valence-corrected chi connectivity index (χ4v) is 3.41. The van der Waals surface area contributed by atoms with E-state index in [1.807, 2.05) is 0 Å². The number of aliphatic carboxylic acids is 1. The Labute approximate surface area is 193 Å². The Morgan fingerprint density at radius 3 is 2.39 bits per heavy atom. The number of methoxy groups -OCH3 is 1. The van der Waals surface area contributed by atoms with Crippen LogP contribution in [0.5, 0.6) is 11.6 Å². The van der Waals surface area contributed by atoms with Gasteiger partial charge >= 0.3 is 5.97 Å². The second-order valence-electron chi connectivity index (χ2n) is 7.86. The molecule has 33 heavy (non-hydrogen) atoms. The van der Waals surface area contributed by atoms with Crippen molar-refractivity contribution < 1.29 is 27.8 Å². The molecule has 12 heteroatoms. The maximum absolute atomic E-state index is 11.6. The average molecular weight is 482 g/mol. The second kappa shape index (κ2) is 11.8. The molecule has 0 aromatic carbocycles. The number of aryl methyl sites for hydroxylation is 1. The topological polar surface area (TPSA) is 153 Å². The first-order valence-corrected chi connectivity index (χ1v) is 12.3. The van der Waals surface area contributed by atoms with Crippen LogP contribution in [-0.2, 0) is 14.6 Å². The molecule has 2 aromatic heterocycles. The van der Waals surface area contributed by atoms with E-state index in [1.54, 1.807) is 20.8 Å². The summed E-state index contributed by atoms with van der Waals surface area (Å²) in [6, 6.07) is 1.51. The van der Waals surface area contributed by atoms with Crippen molar-refractivity contribution in [2.75, 3.05) is 31.8 Å². The zero-order chi connectivity index (χ0) is 24.6. The van der Waals surface area contributed by atoms with Crippen LogP contribution in [0.3, 0.4) is 0 Å². The van der Waals surface area contributed by atoms with Crippen LogP contribution in [-0.4, -0.2) is 67.0 Å². The first-order chi connectivity index (χ1) is 15.5. The van der Waals surface area contributed by atoms with Crippen LogP contribution in [0, 0.1) is 12.8 Å². The number of pyridine rings is 1. The number of sulfone groups is 1. The second-order valence-corrected chi connectivity index (χ2v) is 9.82. The molecule has 0 bridgehead atoms. The lowest BCUT2D eigenvalue weighted by Gasteiger charge is -2.24. The number of piperidine rings is 1. The predicted octanol–water partition coefficient (Wildman–Crippen LogP) is 2.19. The number of nitrogens with zero attached hydrogens (tertiary/aromatic N) is 3. The van der Waals surface area contributed by atoms with Crippen LogP contribution < -0.4 is 20.1 Å². The number of ether oxygens (including phenoxy) is 2. The van der Waals surface area contributed by atoms with E-state index in [9.17, 15) is 13.2 Å². The van der Waals surface area contributed by atoms with Gasteiger partial charge in [0, 0.05) is 6.26 Å². The maximum Gasteiger partial charge on any atom is 0.305 e. The molecule has 0 aliphatic carbocycles. The summed E-state index contributed by atoms with van der Waals surface area (Å²) < 4.78 is 34.8. The van der Waals surface area contributed by atoms with Crippen molar-refractivity contribution in [3.8, 4) is 11.6 Å². The van der Waals surface area contributed by atoms with Crippen molar-refractivity contribution in [1.29, 1.82) is 0 Å². The molecule has 3 N–H and O–H groups in total. The highest BCUT2D eigenvalue weighted by Gasteiger charge is 2.21. The summed E-state index contributed by atoms with van der Waals surface area (Å²) in [5, 5.41) is 14.4. The van der Waals surface area contributed by atoms with Crippen LogP contribution in [0.1, 0.15) is 32.3 Å². The fourth-order valence-electron chi connectivity index (χ4n) is 2.78. The maximum atomic E-state index is 11.6. The Bertz CT molecular complexity index is 1060. The Balaban J connectivity index is 0.000000569. The molecule has 0 amide bonds. The highest BCUT2D eigenvalue weighted by molar-refractivity contribution is 7.90. The third-order valence-electron chi connectivity index (χ3n) is 4.75. The molecule has 0 saturated carbocycles. The molecule has 0 atom stereocenters. The first-order valence-electron chi connectivity index (χ1n) is 10.5. The molecule has 11 nitrogen and oxygen atoms in total. The molecule has 1 saturated heterocycles. The third kappa shape index (κ3) is 7.82. The van der Waals surface area contributed by atoms with Crippen molar-refractivity contribution in [1.82, 2.24) is 20.3 Å². The summed E-state index contributed by atoms with van der Waals surface area (Å²) >= 11 is 0. The summed E-state index contributed by atoms with van der Waals surface area (Å²) in [4.78, 5) is 22.1. The van der Waals surface area contributed by atoms with Gasteiger partial charge in [-0.05, 0) is 44.5 Å². The Morgan fingerprint density at radius 1 is 1.24 bits per heavy atom. The van der Waals surface area contributed by atoms with E-state index in [4.69, 9.17) is 14.6 Å². The molecule has 3 rings (SSSR count). The van der Waals surface area contributed by atoms with Crippen molar-refractivity contribution in [2.45, 2.75) is 44.7 Å². The molecule has 0 radical (unpaired) electrons. The first kappa shape index (κ1) is 26.3. The van der Waals surface area contributed by atoms with Gasteiger partial charge in [0.2, 0.25) is 5.75 Å². The molecule has 0 unspecified atom stereocenters. The molecule has 1 aliphatic rings. The predicted molar refractivity (Wildman–Crippen MR) is 123 cm³/mol. The van der Waals surface area contributed by atoms with Gasteiger partial charge in [0.05, 0.1) is 24.9 Å². The number of hydrogen-bond donors (Lipinski definition) is 3. The molecule has 2 aromatic rings.